The fourth-order valence-corrected chi connectivity index (χ4v) is 4.38. The highest BCUT2D eigenvalue weighted by Gasteiger charge is 2.22. The summed E-state index contributed by atoms with van der Waals surface area (Å²) in [6.07, 6.45) is 5.52. The fraction of sp³-hybridized carbons (Fsp3) is 0.316. The van der Waals surface area contributed by atoms with Crippen molar-refractivity contribution in [1.29, 1.82) is 0 Å². The van der Waals surface area contributed by atoms with Crippen LogP contribution in [-0.4, -0.2) is 31.5 Å². The summed E-state index contributed by atoms with van der Waals surface area (Å²) in [7, 11) is -3.52. The number of pyridine rings is 1. The summed E-state index contributed by atoms with van der Waals surface area (Å²) in [4.78, 5) is 8.12. The maximum absolute atomic E-state index is 12.2. The SMILES string of the molecule is NCCNS(=O)(=O)c1ccc(-c2ccnc3[nH]c(C4CCC4)cc23)cc1. The summed E-state index contributed by atoms with van der Waals surface area (Å²) in [5.41, 5.74) is 9.51. The summed E-state index contributed by atoms with van der Waals surface area (Å²) in [5, 5.41) is 1.08. The molecule has 1 aliphatic carbocycles. The summed E-state index contributed by atoms with van der Waals surface area (Å²) >= 11 is 0. The number of nitrogens with zero attached hydrogens (tertiary/aromatic N) is 1. The van der Waals surface area contributed by atoms with E-state index in [1.165, 1.54) is 25.0 Å². The topological polar surface area (TPSA) is 101 Å². The molecule has 0 bridgehead atoms. The second-order valence-electron chi connectivity index (χ2n) is 6.68. The van der Waals surface area contributed by atoms with Crippen LogP contribution >= 0.6 is 0 Å². The Labute approximate surface area is 152 Å². The highest BCUT2D eigenvalue weighted by atomic mass is 32.2. The van der Waals surface area contributed by atoms with Gasteiger partial charge in [0.15, 0.2) is 0 Å². The van der Waals surface area contributed by atoms with E-state index in [9.17, 15) is 8.42 Å². The van der Waals surface area contributed by atoms with Gasteiger partial charge in [-0.25, -0.2) is 18.1 Å². The molecule has 1 aliphatic rings. The lowest BCUT2D eigenvalue weighted by molar-refractivity contribution is 0.413. The van der Waals surface area contributed by atoms with Crippen molar-refractivity contribution in [2.45, 2.75) is 30.1 Å². The molecule has 2 aromatic heterocycles. The predicted molar refractivity (Wildman–Crippen MR) is 102 cm³/mol. The van der Waals surface area contributed by atoms with Crippen LogP contribution in [0.2, 0.25) is 0 Å². The van der Waals surface area contributed by atoms with Gasteiger partial charge in [0.2, 0.25) is 10.0 Å². The molecule has 7 heteroatoms. The number of aromatic nitrogens is 2. The standard InChI is InChI=1S/C19H22N4O2S/c20-9-11-22-26(24,25)15-6-4-13(5-7-15)16-8-10-21-19-17(16)12-18(23-19)14-2-1-3-14/h4-8,10,12,14,22H,1-3,9,11,20H2,(H,21,23). The molecule has 0 amide bonds. The number of H-pyrrole nitrogens is 1. The van der Waals surface area contributed by atoms with E-state index < -0.39 is 10.0 Å². The van der Waals surface area contributed by atoms with Gasteiger partial charge in [-0.3, -0.25) is 0 Å². The fourth-order valence-electron chi connectivity index (χ4n) is 3.33. The zero-order chi connectivity index (χ0) is 18.1. The third-order valence-corrected chi connectivity index (χ3v) is 6.49. The minimum Gasteiger partial charge on any atom is -0.343 e. The van der Waals surface area contributed by atoms with Crippen LogP contribution in [-0.2, 0) is 10.0 Å². The number of rotatable bonds is 6. The van der Waals surface area contributed by atoms with Crippen LogP contribution in [0.1, 0.15) is 30.9 Å². The van der Waals surface area contributed by atoms with Gasteiger partial charge in [0, 0.05) is 30.4 Å². The first-order chi connectivity index (χ1) is 12.6. The Kier molecular flexibility index (Phi) is 4.52. The van der Waals surface area contributed by atoms with Crippen LogP contribution in [0.15, 0.2) is 47.5 Å². The zero-order valence-corrected chi connectivity index (χ0v) is 15.2. The highest BCUT2D eigenvalue weighted by molar-refractivity contribution is 7.89. The summed E-state index contributed by atoms with van der Waals surface area (Å²) in [5.74, 6) is 0.609. The van der Waals surface area contributed by atoms with Gasteiger partial charge in [-0.15, -0.1) is 0 Å². The van der Waals surface area contributed by atoms with Crippen LogP contribution in [0.5, 0.6) is 0 Å². The molecule has 4 N–H and O–H groups in total. The van der Waals surface area contributed by atoms with Gasteiger partial charge in [0.05, 0.1) is 4.90 Å². The molecule has 4 rings (SSSR count). The monoisotopic (exact) mass is 370 g/mol. The molecule has 0 radical (unpaired) electrons. The van der Waals surface area contributed by atoms with E-state index in [0.717, 1.165) is 22.2 Å². The summed E-state index contributed by atoms with van der Waals surface area (Å²) in [6.45, 7) is 0.492. The van der Waals surface area contributed by atoms with Crippen molar-refractivity contribution in [3.8, 4) is 11.1 Å². The Morgan fingerprint density at radius 3 is 2.62 bits per heavy atom. The molecule has 0 spiro atoms. The van der Waals surface area contributed by atoms with E-state index in [1.807, 2.05) is 18.2 Å². The minimum absolute atomic E-state index is 0.225. The lowest BCUT2D eigenvalue weighted by Gasteiger charge is -2.23. The number of nitrogens with two attached hydrogens (primary N) is 1. The lowest BCUT2D eigenvalue weighted by atomic mass is 9.83. The van der Waals surface area contributed by atoms with Crippen molar-refractivity contribution in [3.63, 3.8) is 0 Å². The molecule has 136 valence electrons. The Bertz CT molecular complexity index is 1020. The maximum atomic E-state index is 12.2. The van der Waals surface area contributed by atoms with E-state index in [0.29, 0.717) is 5.92 Å². The first kappa shape index (κ1) is 17.2. The Balaban J connectivity index is 1.68. The second-order valence-corrected chi connectivity index (χ2v) is 8.45. The van der Waals surface area contributed by atoms with Crippen LogP contribution in [0, 0.1) is 0 Å². The van der Waals surface area contributed by atoms with Crippen LogP contribution in [0.4, 0.5) is 0 Å². The number of aromatic amines is 1. The molecule has 0 atom stereocenters. The minimum atomic E-state index is -3.52. The zero-order valence-electron chi connectivity index (χ0n) is 14.4. The van der Waals surface area contributed by atoms with E-state index >= 15 is 0 Å². The molecule has 0 aliphatic heterocycles. The van der Waals surface area contributed by atoms with Gasteiger partial charge in [-0.1, -0.05) is 18.6 Å². The van der Waals surface area contributed by atoms with Crippen LogP contribution in [0.3, 0.4) is 0 Å². The molecule has 1 saturated carbocycles. The van der Waals surface area contributed by atoms with Crippen LogP contribution in [0.25, 0.3) is 22.2 Å². The van der Waals surface area contributed by atoms with E-state index in [-0.39, 0.29) is 18.0 Å². The number of hydrogen-bond acceptors (Lipinski definition) is 4. The van der Waals surface area contributed by atoms with Gasteiger partial charge in [0.1, 0.15) is 5.65 Å². The number of benzene rings is 1. The Morgan fingerprint density at radius 1 is 1.19 bits per heavy atom. The molecule has 2 heterocycles. The summed E-state index contributed by atoms with van der Waals surface area (Å²) in [6, 6.07) is 11.1. The summed E-state index contributed by atoms with van der Waals surface area (Å²) < 4.78 is 26.8. The third kappa shape index (κ3) is 3.13. The predicted octanol–water partition coefficient (Wildman–Crippen LogP) is 2.73. The third-order valence-electron chi connectivity index (χ3n) is 5.01. The molecule has 0 saturated heterocycles. The molecular formula is C19H22N4O2S. The smallest absolute Gasteiger partial charge is 0.240 e. The van der Waals surface area contributed by atoms with Gasteiger partial charge in [-0.05, 0) is 54.2 Å². The molecule has 6 nitrogen and oxygen atoms in total. The molecule has 0 unspecified atom stereocenters. The van der Waals surface area contributed by atoms with Crippen LogP contribution < -0.4 is 10.5 Å². The van der Waals surface area contributed by atoms with E-state index in [4.69, 9.17) is 5.73 Å². The molecule has 1 fully saturated rings. The largest absolute Gasteiger partial charge is 0.343 e. The first-order valence-electron chi connectivity index (χ1n) is 8.86. The Hall–Kier alpha value is -2.22. The van der Waals surface area contributed by atoms with Gasteiger partial charge in [-0.2, -0.15) is 0 Å². The lowest BCUT2D eigenvalue weighted by Crippen LogP contribution is -2.29. The second kappa shape index (κ2) is 6.83. The van der Waals surface area contributed by atoms with Crippen molar-refractivity contribution in [2.24, 2.45) is 5.73 Å². The highest BCUT2D eigenvalue weighted by Crippen LogP contribution is 2.38. The number of sulfonamides is 1. The van der Waals surface area contributed by atoms with Crippen molar-refractivity contribution >= 4 is 21.1 Å². The molecular weight excluding hydrogens is 348 g/mol. The van der Waals surface area contributed by atoms with Gasteiger partial charge in [0.25, 0.3) is 0 Å². The average molecular weight is 370 g/mol. The van der Waals surface area contributed by atoms with Gasteiger partial charge >= 0.3 is 0 Å². The normalized spacial score (nSPS) is 15.3. The van der Waals surface area contributed by atoms with Crippen molar-refractivity contribution < 1.29 is 8.42 Å². The van der Waals surface area contributed by atoms with Crippen molar-refractivity contribution in [3.05, 3.63) is 48.3 Å². The molecule has 3 aromatic rings. The van der Waals surface area contributed by atoms with Crippen molar-refractivity contribution in [2.75, 3.05) is 13.1 Å². The Morgan fingerprint density at radius 2 is 1.96 bits per heavy atom. The molecule has 1 aromatic carbocycles. The number of hydrogen-bond donors (Lipinski definition) is 3. The molecule has 26 heavy (non-hydrogen) atoms. The number of fused-ring (bicyclic) bond motifs is 1. The van der Waals surface area contributed by atoms with E-state index in [2.05, 4.69) is 20.8 Å². The first-order valence-corrected chi connectivity index (χ1v) is 10.3. The quantitative estimate of drug-likeness (QED) is 0.621. The van der Waals surface area contributed by atoms with Crippen molar-refractivity contribution in [1.82, 2.24) is 14.7 Å². The van der Waals surface area contributed by atoms with E-state index in [1.54, 1.807) is 18.3 Å². The average Bonchev–Trinajstić information content (AvgIpc) is 3.02. The maximum Gasteiger partial charge on any atom is 0.240 e. The van der Waals surface area contributed by atoms with Gasteiger partial charge < -0.3 is 10.7 Å². The number of nitrogens with one attached hydrogen (secondary N) is 2.